The molecule has 0 saturated carbocycles. The number of amides is 2. The van der Waals surface area contributed by atoms with Gasteiger partial charge in [0.05, 0.1) is 0 Å². The lowest BCUT2D eigenvalue weighted by atomic mass is 10.1. The molecule has 3 N–H and O–H groups in total. The average Bonchev–Trinajstić information content (AvgIpc) is 2.58. The lowest BCUT2D eigenvalue weighted by molar-refractivity contribution is 0.242. The van der Waals surface area contributed by atoms with Gasteiger partial charge in [0.25, 0.3) is 0 Å². The minimum absolute atomic E-state index is 0.00901. The topological polar surface area (TPSA) is 66.0 Å². The number of aromatic nitrogens is 1. The first-order valence-corrected chi connectivity index (χ1v) is 9.12. The Morgan fingerprint density at radius 2 is 2.24 bits per heavy atom. The minimum Gasteiger partial charge on any atom is -0.370 e. The first-order chi connectivity index (χ1) is 12.0. The Bertz CT molecular complexity index is 735. The number of halogens is 3. The van der Waals surface area contributed by atoms with Crippen molar-refractivity contribution in [3.63, 3.8) is 0 Å². The maximum absolute atomic E-state index is 13.8. The van der Waals surface area contributed by atoms with E-state index in [9.17, 15) is 13.6 Å². The predicted molar refractivity (Wildman–Crippen MR) is 95.9 cm³/mol. The maximum atomic E-state index is 13.8. The predicted octanol–water partition coefficient (Wildman–Crippen LogP) is 3.48. The largest absolute Gasteiger partial charge is 0.370 e. The molecule has 5 nitrogen and oxygen atoms in total. The number of anilines is 1. The van der Waals surface area contributed by atoms with Crippen LogP contribution in [0.5, 0.6) is 0 Å². The van der Waals surface area contributed by atoms with E-state index < -0.39 is 28.2 Å². The van der Waals surface area contributed by atoms with Gasteiger partial charge in [-0.25, -0.2) is 18.6 Å². The van der Waals surface area contributed by atoms with Gasteiger partial charge in [0.15, 0.2) is 0 Å². The second kappa shape index (κ2) is 7.95. The number of alkyl halides is 1. The molecule has 1 atom stereocenters. The summed E-state index contributed by atoms with van der Waals surface area (Å²) in [5.41, 5.74) is 1.65. The molecule has 1 aliphatic heterocycles. The smallest absolute Gasteiger partial charge is 0.319 e. The molecular weight excluding hydrogens is 394 g/mol. The number of aryl methyl sites for hydroxylation is 1. The van der Waals surface area contributed by atoms with Crippen LogP contribution in [0.25, 0.3) is 0 Å². The third-order valence-corrected chi connectivity index (χ3v) is 4.66. The van der Waals surface area contributed by atoms with Gasteiger partial charge in [0.1, 0.15) is 23.2 Å². The standard InChI is InChI=1S/C17H19BrF2N4O/c18-11-8-13(19)15(14(20)9-11)24-17(25)22-7-5-12-4-3-10-2-1-6-21-16(10)23-12/h3-4,8,11H,1-2,5-7,9H2,(H,21,23)(H2,22,24,25). The summed E-state index contributed by atoms with van der Waals surface area (Å²) in [6.07, 6.45) is 3.89. The molecule has 0 radical (unpaired) electrons. The Labute approximate surface area is 153 Å². The highest BCUT2D eigenvalue weighted by Crippen LogP contribution is 2.29. The molecule has 8 heteroatoms. The number of urea groups is 1. The summed E-state index contributed by atoms with van der Waals surface area (Å²) in [6, 6.07) is 3.34. The van der Waals surface area contributed by atoms with E-state index in [1.165, 1.54) is 11.6 Å². The summed E-state index contributed by atoms with van der Waals surface area (Å²) in [7, 11) is 0. The first kappa shape index (κ1) is 17.8. The molecule has 2 amide bonds. The fraction of sp³-hybridized carbons (Fsp3) is 0.412. The van der Waals surface area contributed by atoms with Crippen molar-refractivity contribution < 1.29 is 13.6 Å². The molecule has 1 aliphatic carbocycles. The molecule has 1 aromatic rings. The molecular formula is C17H19BrF2N4O. The maximum Gasteiger partial charge on any atom is 0.319 e. The molecule has 0 spiro atoms. The fourth-order valence-corrected chi connectivity index (χ4v) is 3.32. The van der Waals surface area contributed by atoms with E-state index in [1.807, 2.05) is 12.1 Å². The van der Waals surface area contributed by atoms with Crippen molar-refractivity contribution in [1.82, 2.24) is 15.6 Å². The number of nitrogens with one attached hydrogen (secondary N) is 3. The van der Waals surface area contributed by atoms with Crippen LogP contribution in [0.4, 0.5) is 19.4 Å². The second-order valence-electron chi connectivity index (χ2n) is 5.99. The number of nitrogens with zero attached hydrogens (tertiary/aromatic N) is 1. The molecule has 134 valence electrons. The number of carbonyl (C=O) groups excluding carboxylic acids is 1. The van der Waals surface area contributed by atoms with Crippen molar-refractivity contribution in [2.24, 2.45) is 0 Å². The van der Waals surface area contributed by atoms with E-state index in [4.69, 9.17) is 0 Å². The Hall–Kier alpha value is -1.96. The van der Waals surface area contributed by atoms with E-state index in [0.717, 1.165) is 30.9 Å². The molecule has 1 unspecified atom stereocenters. The molecule has 25 heavy (non-hydrogen) atoms. The fourth-order valence-electron chi connectivity index (χ4n) is 2.80. The molecule has 2 heterocycles. The van der Waals surface area contributed by atoms with Crippen LogP contribution in [0.15, 0.2) is 35.6 Å². The molecule has 0 fully saturated rings. The molecule has 0 bridgehead atoms. The van der Waals surface area contributed by atoms with Crippen molar-refractivity contribution >= 4 is 27.8 Å². The zero-order chi connectivity index (χ0) is 17.8. The van der Waals surface area contributed by atoms with E-state index in [0.29, 0.717) is 13.0 Å². The van der Waals surface area contributed by atoms with Crippen LogP contribution < -0.4 is 16.0 Å². The van der Waals surface area contributed by atoms with Gasteiger partial charge in [-0.3, -0.25) is 0 Å². The van der Waals surface area contributed by atoms with Crippen LogP contribution in [0.1, 0.15) is 24.1 Å². The van der Waals surface area contributed by atoms with Gasteiger partial charge in [-0.15, -0.1) is 0 Å². The lowest BCUT2D eigenvalue weighted by Gasteiger charge is -2.18. The third kappa shape index (κ3) is 4.56. The highest BCUT2D eigenvalue weighted by Gasteiger charge is 2.22. The lowest BCUT2D eigenvalue weighted by Crippen LogP contribution is -2.37. The SMILES string of the molecule is O=C(NCCc1ccc2c(n1)NCCC2)NC1=C(F)CC(Br)C=C1F. The van der Waals surface area contributed by atoms with Crippen LogP contribution in [0.2, 0.25) is 0 Å². The van der Waals surface area contributed by atoms with Crippen molar-refractivity contribution in [3.8, 4) is 0 Å². The quantitative estimate of drug-likeness (QED) is 0.663. The van der Waals surface area contributed by atoms with Crippen molar-refractivity contribution in [1.29, 1.82) is 0 Å². The molecule has 3 rings (SSSR count). The summed E-state index contributed by atoms with van der Waals surface area (Å²) in [4.78, 5) is 16.0. The van der Waals surface area contributed by atoms with Crippen molar-refractivity contribution in [2.45, 2.75) is 30.5 Å². The molecule has 0 aromatic carbocycles. The Balaban J connectivity index is 1.50. The number of rotatable bonds is 4. The monoisotopic (exact) mass is 412 g/mol. The Morgan fingerprint density at radius 1 is 1.40 bits per heavy atom. The van der Waals surface area contributed by atoms with E-state index in [2.05, 4.69) is 36.9 Å². The summed E-state index contributed by atoms with van der Waals surface area (Å²) in [5, 5.41) is 8.09. The van der Waals surface area contributed by atoms with Gasteiger partial charge in [-0.1, -0.05) is 22.0 Å². The van der Waals surface area contributed by atoms with Crippen molar-refractivity contribution in [2.75, 3.05) is 18.4 Å². The van der Waals surface area contributed by atoms with Gasteiger partial charge in [-0.2, -0.15) is 0 Å². The van der Waals surface area contributed by atoms with Gasteiger partial charge in [0.2, 0.25) is 0 Å². The van der Waals surface area contributed by atoms with Gasteiger partial charge in [0, 0.05) is 36.5 Å². The van der Waals surface area contributed by atoms with Crippen molar-refractivity contribution in [3.05, 3.63) is 46.8 Å². The summed E-state index contributed by atoms with van der Waals surface area (Å²) >= 11 is 3.13. The number of carbonyl (C=O) groups is 1. The van der Waals surface area contributed by atoms with E-state index >= 15 is 0 Å². The normalized spacial score (nSPS) is 19.6. The number of hydrogen-bond donors (Lipinski definition) is 3. The van der Waals surface area contributed by atoms with E-state index in [-0.39, 0.29) is 6.42 Å². The van der Waals surface area contributed by atoms with Crippen LogP contribution in [-0.4, -0.2) is 28.9 Å². The zero-order valence-electron chi connectivity index (χ0n) is 13.5. The summed E-state index contributed by atoms with van der Waals surface area (Å²) in [6.45, 7) is 1.23. The zero-order valence-corrected chi connectivity index (χ0v) is 15.1. The molecule has 2 aliphatic rings. The summed E-state index contributed by atoms with van der Waals surface area (Å²) in [5.74, 6) is -0.554. The number of allylic oxidation sites excluding steroid dienone is 3. The first-order valence-electron chi connectivity index (χ1n) is 8.21. The van der Waals surface area contributed by atoms with Gasteiger partial charge < -0.3 is 16.0 Å². The van der Waals surface area contributed by atoms with Crippen LogP contribution in [0, 0.1) is 0 Å². The van der Waals surface area contributed by atoms with Crippen LogP contribution in [0.3, 0.4) is 0 Å². The number of fused-ring (bicyclic) bond motifs is 1. The van der Waals surface area contributed by atoms with Gasteiger partial charge in [-0.05, 0) is 30.5 Å². The summed E-state index contributed by atoms with van der Waals surface area (Å²) < 4.78 is 27.5. The Kier molecular flexibility index (Phi) is 5.67. The molecule has 1 aromatic heterocycles. The van der Waals surface area contributed by atoms with Crippen LogP contribution in [-0.2, 0) is 12.8 Å². The van der Waals surface area contributed by atoms with E-state index in [1.54, 1.807) is 0 Å². The number of hydrogen-bond acceptors (Lipinski definition) is 3. The number of pyridine rings is 1. The third-order valence-electron chi connectivity index (χ3n) is 4.07. The second-order valence-corrected chi connectivity index (χ2v) is 7.16. The Morgan fingerprint density at radius 3 is 3.04 bits per heavy atom. The highest BCUT2D eigenvalue weighted by atomic mass is 79.9. The minimum atomic E-state index is -0.775. The van der Waals surface area contributed by atoms with Gasteiger partial charge >= 0.3 is 6.03 Å². The average molecular weight is 413 g/mol. The molecule has 0 saturated heterocycles. The highest BCUT2D eigenvalue weighted by molar-refractivity contribution is 9.09. The van der Waals surface area contributed by atoms with Crippen LogP contribution >= 0.6 is 15.9 Å².